The summed E-state index contributed by atoms with van der Waals surface area (Å²) in [6, 6.07) is 16.1. The second-order valence-corrected chi connectivity index (χ2v) is 10.6. The number of hydrogen-bond acceptors (Lipinski definition) is 4. The topological polar surface area (TPSA) is 80.8 Å². The van der Waals surface area contributed by atoms with Gasteiger partial charge in [-0.3, -0.25) is 14.4 Å². The van der Waals surface area contributed by atoms with E-state index in [0.717, 1.165) is 24.0 Å². The van der Waals surface area contributed by atoms with E-state index in [4.69, 9.17) is 0 Å². The molecule has 6 nitrogen and oxygen atoms in total. The largest absolute Gasteiger partial charge is 0.611 e. The first kappa shape index (κ1) is 24.5. The molecule has 2 amide bonds. The quantitative estimate of drug-likeness (QED) is 0.543. The predicted molar refractivity (Wildman–Crippen MR) is 132 cm³/mol. The number of rotatable bonds is 8. The van der Waals surface area contributed by atoms with Gasteiger partial charge in [0.15, 0.2) is 10.6 Å². The molecule has 0 aliphatic carbocycles. The Morgan fingerprint density at radius 1 is 0.912 bits per heavy atom. The van der Waals surface area contributed by atoms with Crippen molar-refractivity contribution in [1.82, 2.24) is 9.80 Å². The minimum atomic E-state index is -1.44. The lowest BCUT2D eigenvalue weighted by Gasteiger charge is -2.31. The zero-order chi connectivity index (χ0) is 24.1. The van der Waals surface area contributed by atoms with Crippen molar-refractivity contribution >= 4 is 28.8 Å². The van der Waals surface area contributed by atoms with Gasteiger partial charge in [0, 0.05) is 19.5 Å². The first-order chi connectivity index (χ1) is 16.4. The van der Waals surface area contributed by atoms with Crippen LogP contribution < -0.4 is 0 Å². The fourth-order valence-corrected chi connectivity index (χ4v) is 5.97. The summed E-state index contributed by atoms with van der Waals surface area (Å²) in [4.78, 5) is 43.4. The lowest BCUT2D eigenvalue weighted by Crippen LogP contribution is -2.51. The molecule has 0 unspecified atom stereocenters. The van der Waals surface area contributed by atoms with E-state index in [2.05, 4.69) is 0 Å². The van der Waals surface area contributed by atoms with Crippen LogP contribution in [0, 0.1) is 6.92 Å². The Balaban J connectivity index is 1.37. The number of likely N-dealkylation sites (tertiary alicyclic amines) is 2. The average molecular weight is 481 g/mol. The van der Waals surface area contributed by atoms with Crippen molar-refractivity contribution in [2.45, 2.75) is 62.4 Å². The maximum atomic E-state index is 13.4. The van der Waals surface area contributed by atoms with Crippen LogP contribution in [0.15, 0.2) is 59.5 Å². The molecule has 2 aromatic rings. The highest BCUT2D eigenvalue weighted by atomic mass is 32.2. The van der Waals surface area contributed by atoms with E-state index in [1.165, 1.54) is 0 Å². The molecule has 2 heterocycles. The standard InChI is InChI=1S/C27H32N2O4S/c1-20-11-14-22(15-12-20)34(33)19-25(30)23-9-5-18-29(23)27(32)24-10-6-17-28(24)26(31)16-13-21-7-3-2-4-8-21/h2-4,7-8,11-12,14-15,23-24H,5-6,9-10,13,16-19H2,1H3/t23-,24-,34-/m0/s1. The molecule has 0 aromatic heterocycles. The zero-order valence-electron chi connectivity index (χ0n) is 19.7. The van der Waals surface area contributed by atoms with Crippen molar-refractivity contribution in [2.75, 3.05) is 18.8 Å². The van der Waals surface area contributed by atoms with Gasteiger partial charge < -0.3 is 14.4 Å². The first-order valence-electron chi connectivity index (χ1n) is 12.1. The highest BCUT2D eigenvalue weighted by Crippen LogP contribution is 2.27. The minimum absolute atomic E-state index is 0.0118. The van der Waals surface area contributed by atoms with E-state index in [9.17, 15) is 18.9 Å². The molecule has 2 saturated heterocycles. The van der Waals surface area contributed by atoms with Crippen LogP contribution in [0.2, 0.25) is 0 Å². The summed E-state index contributed by atoms with van der Waals surface area (Å²) in [6.07, 6.45) is 3.76. The molecule has 0 N–H and O–H groups in total. The molecule has 3 atom stereocenters. The van der Waals surface area contributed by atoms with Crippen LogP contribution in [0.1, 0.15) is 43.2 Å². The van der Waals surface area contributed by atoms with Gasteiger partial charge >= 0.3 is 0 Å². The molecular formula is C27H32N2O4S. The van der Waals surface area contributed by atoms with E-state index in [1.54, 1.807) is 21.9 Å². The third-order valence-electron chi connectivity index (χ3n) is 6.79. The highest BCUT2D eigenvalue weighted by Gasteiger charge is 2.42. The van der Waals surface area contributed by atoms with Crippen LogP contribution >= 0.6 is 0 Å². The number of carbonyl (C=O) groups is 3. The number of amides is 2. The van der Waals surface area contributed by atoms with Crippen LogP contribution in [0.25, 0.3) is 0 Å². The van der Waals surface area contributed by atoms with Gasteiger partial charge in [-0.2, -0.15) is 0 Å². The van der Waals surface area contributed by atoms with E-state index < -0.39 is 23.3 Å². The zero-order valence-corrected chi connectivity index (χ0v) is 20.5. The van der Waals surface area contributed by atoms with Crippen molar-refractivity contribution in [1.29, 1.82) is 0 Å². The molecule has 180 valence electrons. The maximum Gasteiger partial charge on any atom is 0.245 e. The van der Waals surface area contributed by atoms with E-state index in [0.29, 0.717) is 43.7 Å². The van der Waals surface area contributed by atoms with Crippen LogP contribution in [0.3, 0.4) is 0 Å². The SMILES string of the molecule is Cc1ccc([S@@+]([O-])CC(=O)[C@@H]2CCCN2C(=O)[C@@H]2CCCN2C(=O)CCc2ccccc2)cc1. The number of nitrogens with zero attached hydrogens (tertiary/aromatic N) is 2. The Morgan fingerprint density at radius 2 is 1.56 bits per heavy atom. The number of carbonyl (C=O) groups excluding carboxylic acids is 3. The average Bonchev–Trinajstić information content (AvgIpc) is 3.53. The molecule has 0 radical (unpaired) electrons. The van der Waals surface area contributed by atoms with E-state index in [-0.39, 0.29) is 23.4 Å². The minimum Gasteiger partial charge on any atom is -0.611 e. The lowest BCUT2D eigenvalue weighted by molar-refractivity contribution is -0.146. The fraction of sp³-hybridized carbons (Fsp3) is 0.444. The van der Waals surface area contributed by atoms with Gasteiger partial charge in [-0.15, -0.1) is 0 Å². The molecule has 4 rings (SSSR count). The molecular weight excluding hydrogens is 448 g/mol. The highest BCUT2D eigenvalue weighted by molar-refractivity contribution is 7.92. The van der Waals surface area contributed by atoms with Crippen LogP contribution in [0.4, 0.5) is 0 Å². The molecule has 0 spiro atoms. The number of aryl methyl sites for hydroxylation is 2. The Kier molecular flexibility index (Phi) is 8.06. The third-order valence-corrected chi connectivity index (χ3v) is 8.14. The molecule has 0 bridgehead atoms. The van der Waals surface area contributed by atoms with E-state index >= 15 is 0 Å². The monoisotopic (exact) mass is 480 g/mol. The van der Waals surface area contributed by atoms with Gasteiger partial charge in [0.05, 0.1) is 6.04 Å². The van der Waals surface area contributed by atoms with Gasteiger partial charge in [0.25, 0.3) is 0 Å². The van der Waals surface area contributed by atoms with Crippen molar-refractivity contribution in [3.8, 4) is 0 Å². The van der Waals surface area contributed by atoms with Crippen LogP contribution in [-0.4, -0.2) is 62.9 Å². The Labute approximate surface area is 204 Å². The number of Topliss-reactive ketones (excluding diaryl/α,β-unsaturated/α-hetero) is 1. The molecule has 7 heteroatoms. The molecule has 2 aromatic carbocycles. The first-order valence-corrected chi connectivity index (χ1v) is 13.4. The normalized spacial score (nSPS) is 21.0. The summed E-state index contributed by atoms with van der Waals surface area (Å²) in [7, 11) is 0. The molecule has 2 aliphatic heterocycles. The van der Waals surface area contributed by atoms with Crippen molar-refractivity contribution in [2.24, 2.45) is 0 Å². The number of benzene rings is 2. The fourth-order valence-electron chi connectivity index (χ4n) is 4.92. The number of hydrogen-bond donors (Lipinski definition) is 0. The van der Waals surface area contributed by atoms with Gasteiger partial charge in [0.2, 0.25) is 17.6 Å². The molecule has 2 aliphatic rings. The molecule has 34 heavy (non-hydrogen) atoms. The van der Waals surface area contributed by atoms with Gasteiger partial charge in [-0.05, 0) is 67.9 Å². The summed E-state index contributed by atoms with van der Waals surface area (Å²) < 4.78 is 12.7. The summed E-state index contributed by atoms with van der Waals surface area (Å²) in [6.45, 7) is 3.04. The summed E-state index contributed by atoms with van der Waals surface area (Å²) >= 11 is -1.44. The summed E-state index contributed by atoms with van der Waals surface area (Å²) in [5.74, 6) is -0.406. The third kappa shape index (κ3) is 5.70. The summed E-state index contributed by atoms with van der Waals surface area (Å²) in [5.41, 5.74) is 2.17. The second-order valence-electron chi connectivity index (χ2n) is 9.19. The summed E-state index contributed by atoms with van der Waals surface area (Å²) in [5, 5.41) is 0. The van der Waals surface area contributed by atoms with Gasteiger partial charge in [0.1, 0.15) is 6.04 Å². The maximum absolute atomic E-state index is 13.4. The molecule has 0 saturated carbocycles. The van der Waals surface area contributed by atoms with Gasteiger partial charge in [-0.25, -0.2) is 0 Å². The Bertz CT molecular complexity index is 1010. The van der Waals surface area contributed by atoms with Crippen molar-refractivity contribution in [3.63, 3.8) is 0 Å². The van der Waals surface area contributed by atoms with Gasteiger partial charge in [-0.1, -0.05) is 48.0 Å². The van der Waals surface area contributed by atoms with Crippen molar-refractivity contribution in [3.05, 3.63) is 65.7 Å². The second kappa shape index (κ2) is 11.2. The lowest BCUT2D eigenvalue weighted by atomic mass is 10.1. The van der Waals surface area contributed by atoms with Crippen LogP contribution in [-0.2, 0) is 32.0 Å². The van der Waals surface area contributed by atoms with E-state index in [1.807, 2.05) is 49.4 Å². The van der Waals surface area contributed by atoms with Crippen LogP contribution in [0.5, 0.6) is 0 Å². The van der Waals surface area contributed by atoms with Crippen molar-refractivity contribution < 1.29 is 18.9 Å². The number of ketones is 1. The smallest absolute Gasteiger partial charge is 0.245 e. The predicted octanol–water partition coefficient (Wildman–Crippen LogP) is 3.29. The molecule has 2 fully saturated rings. The Hall–Kier alpha value is -2.64. The Morgan fingerprint density at radius 3 is 2.26 bits per heavy atom.